The van der Waals surface area contributed by atoms with Gasteiger partial charge in [-0.2, -0.15) is 0 Å². The summed E-state index contributed by atoms with van der Waals surface area (Å²) in [6, 6.07) is 0.509. The molecule has 4 heteroatoms. The molecule has 1 rings (SSSR count). The molecule has 4 nitrogen and oxygen atoms in total. The topological polar surface area (TPSA) is 52.6 Å². The quantitative estimate of drug-likeness (QED) is 0.703. The summed E-state index contributed by atoms with van der Waals surface area (Å²) < 4.78 is 0. The van der Waals surface area contributed by atoms with Gasteiger partial charge in [0.2, 0.25) is 5.91 Å². The first-order valence-corrected chi connectivity index (χ1v) is 5.73. The van der Waals surface area contributed by atoms with Crippen LogP contribution in [0.2, 0.25) is 0 Å². The number of carbonyl (C=O) groups is 1. The number of amides is 1. The number of aliphatic hydroxyl groups excluding tert-OH is 1. The summed E-state index contributed by atoms with van der Waals surface area (Å²) >= 11 is 0. The van der Waals surface area contributed by atoms with Crippen LogP contribution in [0.3, 0.4) is 0 Å². The van der Waals surface area contributed by atoms with E-state index in [0.717, 1.165) is 32.5 Å². The Kier molecular flexibility index (Phi) is 5.05. The monoisotopic (exact) mass is 214 g/mol. The first-order valence-electron chi connectivity index (χ1n) is 5.73. The molecule has 1 unspecified atom stereocenters. The Labute approximate surface area is 91.6 Å². The summed E-state index contributed by atoms with van der Waals surface area (Å²) in [4.78, 5) is 13.0. The van der Waals surface area contributed by atoms with Crippen molar-refractivity contribution in [2.75, 3.05) is 26.2 Å². The van der Waals surface area contributed by atoms with Crippen LogP contribution in [0.4, 0.5) is 0 Å². The van der Waals surface area contributed by atoms with Crippen molar-refractivity contribution in [2.24, 2.45) is 5.92 Å². The van der Waals surface area contributed by atoms with E-state index in [1.807, 2.05) is 11.8 Å². The smallest absolute Gasteiger partial charge is 0.219 e. The largest absolute Gasteiger partial charge is 0.396 e. The van der Waals surface area contributed by atoms with Gasteiger partial charge < -0.3 is 15.3 Å². The molecule has 88 valence electrons. The van der Waals surface area contributed by atoms with E-state index in [1.165, 1.54) is 0 Å². The minimum Gasteiger partial charge on any atom is -0.396 e. The SMILES string of the molecule is CC(=O)N1CCC(NCC(C)CO)CC1. The van der Waals surface area contributed by atoms with Gasteiger partial charge in [0.25, 0.3) is 0 Å². The van der Waals surface area contributed by atoms with Gasteiger partial charge in [-0.1, -0.05) is 6.92 Å². The lowest BCUT2D eigenvalue weighted by molar-refractivity contribution is -0.129. The molecule has 1 atom stereocenters. The lowest BCUT2D eigenvalue weighted by Gasteiger charge is -2.32. The van der Waals surface area contributed by atoms with Gasteiger partial charge in [-0.15, -0.1) is 0 Å². The van der Waals surface area contributed by atoms with Gasteiger partial charge >= 0.3 is 0 Å². The highest BCUT2D eigenvalue weighted by Crippen LogP contribution is 2.10. The predicted molar refractivity (Wildman–Crippen MR) is 59.5 cm³/mol. The van der Waals surface area contributed by atoms with Gasteiger partial charge in [0.1, 0.15) is 0 Å². The number of piperidine rings is 1. The molecule has 1 saturated heterocycles. The molecule has 0 radical (unpaired) electrons. The van der Waals surface area contributed by atoms with Crippen LogP contribution in [0.25, 0.3) is 0 Å². The molecular weight excluding hydrogens is 192 g/mol. The predicted octanol–water partition coefficient (Wildman–Crippen LogP) is 0.215. The van der Waals surface area contributed by atoms with E-state index in [4.69, 9.17) is 5.11 Å². The van der Waals surface area contributed by atoms with Crippen molar-refractivity contribution >= 4 is 5.91 Å². The number of carbonyl (C=O) groups excluding carboxylic acids is 1. The van der Waals surface area contributed by atoms with Crippen LogP contribution in [0.5, 0.6) is 0 Å². The maximum Gasteiger partial charge on any atom is 0.219 e. The van der Waals surface area contributed by atoms with E-state index in [0.29, 0.717) is 12.0 Å². The summed E-state index contributed by atoms with van der Waals surface area (Å²) in [6.07, 6.45) is 2.05. The van der Waals surface area contributed by atoms with Gasteiger partial charge in [0.15, 0.2) is 0 Å². The third-order valence-corrected chi connectivity index (χ3v) is 3.01. The fraction of sp³-hybridized carbons (Fsp3) is 0.909. The van der Waals surface area contributed by atoms with E-state index in [2.05, 4.69) is 5.32 Å². The van der Waals surface area contributed by atoms with Crippen molar-refractivity contribution in [3.05, 3.63) is 0 Å². The Bertz CT molecular complexity index is 201. The first kappa shape index (κ1) is 12.5. The maximum atomic E-state index is 11.1. The average Bonchev–Trinajstić information content (AvgIpc) is 2.26. The Balaban J connectivity index is 2.17. The molecule has 0 spiro atoms. The Morgan fingerprint density at radius 3 is 2.60 bits per heavy atom. The molecule has 0 bridgehead atoms. The summed E-state index contributed by atoms with van der Waals surface area (Å²) in [5, 5.41) is 12.3. The molecule has 0 saturated carbocycles. The first-order chi connectivity index (χ1) is 7.13. The molecule has 0 aromatic rings. The fourth-order valence-corrected chi connectivity index (χ4v) is 1.83. The maximum absolute atomic E-state index is 11.1. The summed E-state index contributed by atoms with van der Waals surface area (Å²) in [7, 11) is 0. The minimum atomic E-state index is 0.178. The van der Waals surface area contributed by atoms with Crippen molar-refractivity contribution < 1.29 is 9.90 Å². The molecule has 1 fully saturated rings. The number of hydrogen-bond donors (Lipinski definition) is 2. The van der Waals surface area contributed by atoms with Crippen LogP contribution in [-0.2, 0) is 4.79 Å². The standard InChI is InChI=1S/C11H22N2O2/c1-9(8-14)7-12-11-3-5-13(6-4-11)10(2)15/h9,11-12,14H,3-8H2,1-2H3. The van der Waals surface area contributed by atoms with Crippen LogP contribution in [-0.4, -0.2) is 48.2 Å². The van der Waals surface area contributed by atoms with Gasteiger partial charge in [-0.3, -0.25) is 4.79 Å². The van der Waals surface area contributed by atoms with Gasteiger partial charge in [0, 0.05) is 39.2 Å². The molecule has 1 aliphatic heterocycles. The molecule has 2 N–H and O–H groups in total. The molecule has 0 aliphatic carbocycles. The van der Waals surface area contributed by atoms with Crippen molar-refractivity contribution in [2.45, 2.75) is 32.7 Å². The highest BCUT2D eigenvalue weighted by molar-refractivity contribution is 5.73. The zero-order valence-corrected chi connectivity index (χ0v) is 9.70. The van der Waals surface area contributed by atoms with Crippen LogP contribution in [0.1, 0.15) is 26.7 Å². The minimum absolute atomic E-state index is 0.178. The van der Waals surface area contributed by atoms with Crippen molar-refractivity contribution in [1.29, 1.82) is 0 Å². The Morgan fingerprint density at radius 1 is 1.53 bits per heavy atom. The second kappa shape index (κ2) is 6.08. The zero-order valence-electron chi connectivity index (χ0n) is 9.70. The number of nitrogens with one attached hydrogen (secondary N) is 1. The van der Waals surface area contributed by atoms with E-state index in [9.17, 15) is 4.79 Å². The number of rotatable bonds is 4. The summed E-state index contributed by atoms with van der Waals surface area (Å²) in [5.41, 5.74) is 0. The van der Waals surface area contributed by atoms with Crippen LogP contribution >= 0.6 is 0 Å². The third-order valence-electron chi connectivity index (χ3n) is 3.01. The summed E-state index contributed by atoms with van der Waals surface area (Å²) in [6.45, 7) is 6.47. The second-order valence-electron chi connectivity index (χ2n) is 4.48. The summed E-state index contributed by atoms with van der Waals surface area (Å²) in [5.74, 6) is 0.494. The molecule has 0 aromatic heterocycles. The van der Waals surface area contributed by atoms with Gasteiger partial charge in [-0.25, -0.2) is 0 Å². The second-order valence-corrected chi connectivity index (χ2v) is 4.48. The third kappa shape index (κ3) is 4.18. The highest BCUT2D eigenvalue weighted by Gasteiger charge is 2.20. The van der Waals surface area contributed by atoms with E-state index in [1.54, 1.807) is 6.92 Å². The average molecular weight is 214 g/mol. The van der Waals surface area contributed by atoms with Crippen LogP contribution < -0.4 is 5.32 Å². The van der Waals surface area contributed by atoms with Crippen molar-refractivity contribution in [3.63, 3.8) is 0 Å². The fourth-order valence-electron chi connectivity index (χ4n) is 1.83. The van der Waals surface area contributed by atoms with E-state index in [-0.39, 0.29) is 12.5 Å². The molecule has 1 aliphatic rings. The Hall–Kier alpha value is -0.610. The van der Waals surface area contributed by atoms with Gasteiger partial charge in [0.05, 0.1) is 0 Å². The van der Waals surface area contributed by atoms with Crippen molar-refractivity contribution in [3.8, 4) is 0 Å². The van der Waals surface area contributed by atoms with Crippen LogP contribution in [0, 0.1) is 5.92 Å². The lowest BCUT2D eigenvalue weighted by Crippen LogP contribution is -2.45. The lowest BCUT2D eigenvalue weighted by atomic mass is 10.0. The number of likely N-dealkylation sites (tertiary alicyclic amines) is 1. The molecular formula is C11H22N2O2. The molecule has 15 heavy (non-hydrogen) atoms. The molecule has 0 aromatic carbocycles. The molecule has 1 amide bonds. The van der Waals surface area contributed by atoms with Crippen molar-refractivity contribution in [1.82, 2.24) is 10.2 Å². The highest BCUT2D eigenvalue weighted by atomic mass is 16.3. The van der Waals surface area contributed by atoms with Crippen LogP contribution in [0.15, 0.2) is 0 Å². The molecule has 1 heterocycles. The number of nitrogens with zero attached hydrogens (tertiary/aromatic N) is 1. The van der Waals surface area contributed by atoms with E-state index >= 15 is 0 Å². The number of aliphatic hydroxyl groups is 1. The number of hydrogen-bond acceptors (Lipinski definition) is 3. The zero-order chi connectivity index (χ0) is 11.3. The van der Waals surface area contributed by atoms with Gasteiger partial charge in [-0.05, 0) is 18.8 Å². The van der Waals surface area contributed by atoms with E-state index < -0.39 is 0 Å². The Morgan fingerprint density at radius 2 is 2.13 bits per heavy atom. The normalized spacial score (nSPS) is 20.3.